The van der Waals surface area contributed by atoms with Crippen LogP contribution in [0.15, 0.2) is 0 Å². The fraction of sp³-hybridized carbons (Fsp3) is 0. The van der Waals surface area contributed by atoms with E-state index in [1.54, 1.807) is 0 Å². The molecule has 0 amide bonds. The van der Waals surface area contributed by atoms with Crippen LogP contribution in [0.5, 0.6) is 0 Å². The molecule has 0 N–H and O–H groups in total. The van der Waals surface area contributed by atoms with E-state index < -0.39 is 18.3 Å². The Kier molecular flexibility index (Phi) is 88.1. The van der Waals surface area contributed by atoms with Gasteiger partial charge in [-0.3, -0.25) is 0 Å². The van der Waals surface area contributed by atoms with Gasteiger partial charge in [0.25, 0.3) is 0 Å². The molecule has 12 heteroatoms. The normalized spacial score (nSPS) is 4.00. The van der Waals surface area contributed by atoms with Gasteiger partial charge in [0.05, 0.1) is 0 Å². The second-order valence-electron chi connectivity index (χ2n) is 0.500. The average Bonchev–Trinajstić information content (AvgIpc) is 1.25. The molecule has 0 aliphatic rings. The van der Waals surface area contributed by atoms with Gasteiger partial charge in [0.1, 0.15) is 0 Å². The van der Waals surface area contributed by atoms with Gasteiger partial charge < -0.3 is 28.1 Å². The third kappa shape index (κ3) is 163. The van der Waals surface area contributed by atoms with Crippen LogP contribution in [0.25, 0.3) is 0 Å². The number of hydrogen-bond donors (Lipinski definition) is 0. The summed E-state index contributed by atoms with van der Waals surface area (Å²) in [7, 11) is -7.26. The summed E-state index contributed by atoms with van der Waals surface area (Å²) in [6.07, 6.45) is 0. The third-order valence-corrected chi connectivity index (χ3v) is 0. The van der Waals surface area contributed by atoms with Crippen molar-refractivity contribution in [3.8, 4) is 0 Å². The van der Waals surface area contributed by atoms with E-state index in [4.69, 9.17) is 28.1 Å². The Balaban J connectivity index is -0.0000000112. The second kappa shape index (κ2) is 29.3. The molecular weight excluding hydrogens is 281 g/mol. The summed E-state index contributed by atoms with van der Waals surface area (Å²) in [5, 5.41) is 0. The summed E-state index contributed by atoms with van der Waals surface area (Å²) in [4.78, 5) is 34.1. The first-order valence-electron chi connectivity index (χ1n) is 1.22. The van der Waals surface area contributed by atoms with Gasteiger partial charge in [0, 0.05) is 18.3 Å². The van der Waals surface area contributed by atoms with Crippen molar-refractivity contribution in [3.05, 3.63) is 0 Å². The Morgan fingerprint density at radius 3 is 0.833 bits per heavy atom. The van der Waals surface area contributed by atoms with Gasteiger partial charge in [0.15, 0.2) is 0 Å². The fourth-order valence-electron chi connectivity index (χ4n) is 0. The molecule has 0 aromatic heterocycles. The van der Waals surface area contributed by atoms with E-state index >= 15 is 0 Å². The van der Waals surface area contributed by atoms with Crippen LogP contribution in [0.2, 0.25) is 0 Å². The van der Waals surface area contributed by atoms with Gasteiger partial charge in [0.2, 0.25) is 0 Å². The molecule has 0 fully saturated rings. The van der Waals surface area contributed by atoms with Crippen molar-refractivity contribution in [1.82, 2.24) is 0 Å². The predicted molar refractivity (Wildman–Crippen MR) is 34.3 cm³/mol. The molecular formula is H3AlCaKNaO6Si2. The van der Waals surface area contributed by atoms with Gasteiger partial charge in [-0.05, 0) is 0 Å². The molecule has 0 saturated carbocycles. The molecule has 0 unspecified atom stereocenters. The quantitative estimate of drug-likeness (QED) is 0.406. The zero-order chi connectivity index (χ0) is 7.15. The Labute approximate surface area is 178 Å². The molecule has 0 heterocycles. The van der Waals surface area contributed by atoms with E-state index in [1.807, 2.05) is 0 Å². The maximum Gasteiger partial charge on any atom is 1.00 e. The predicted octanol–water partition coefficient (Wildman–Crippen LogP) is -10.7. The Morgan fingerprint density at radius 1 is 0.833 bits per heavy atom. The monoisotopic (exact) mass is 284 g/mol. The summed E-state index contributed by atoms with van der Waals surface area (Å²) in [6.45, 7) is 0. The Morgan fingerprint density at radius 2 is 0.833 bits per heavy atom. The van der Waals surface area contributed by atoms with Crippen molar-refractivity contribution in [2.75, 3.05) is 0 Å². The summed E-state index contributed by atoms with van der Waals surface area (Å²) < 4.78 is 17.0. The van der Waals surface area contributed by atoms with Crippen LogP contribution >= 0.6 is 0 Å². The van der Waals surface area contributed by atoms with E-state index in [1.165, 1.54) is 0 Å². The first kappa shape index (κ1) is 36.1. The molecule has 0 spiro atoms. The van der Waals surface area contributed by atoms with E-state index in [-0.39, 0.29) is 136 Å². The Hall–Kier alpha value is 3.66. The van der Waals surface area contributed by atoms with Crippen LogP contribution in [0.4, 0.5) is 0 Å². The van der Waals surface area contributed by atoms with Crippen LogP contribution in [0.3, 0.4) is 0 Å². The van der Waals surface area contributed by atoms with Crippen LogP contribution in [-0.4, -0.2) is 125 Å². The zero-order valence-corrected chi connectivity index (χ0v) is 10.2. The van der Waals surface area contributed by atoms with E-state index in [2.05, 4.69) is 0 Å². The molecule has 0 aromatic carbocycles. The molecule has 0 rings (SSSR count). The van der Waals surface area contributed by atoms with Crippen molar-refractivity contribution in [1.29, 1.82) is 0 Å². The number of hydrogen-bond acceptors (Lipinski definition) is 6. The average molecular weight is 284 g/mol. The molecule has 0 aliphatic carbocycles. The SMILES string of the molecule is O=[Si]([O-])[O-].O=[Si]([O-])[O-].[Al+3].[CaH2].[KH].[Na+]. The third-order valence-electron chi connectivity index (χ3n) is 0. The molecule has 0 aliphatic heterocycles. The van der Waals surface area contributed by atoms with Gasteiger partial charge in [-0.15, -0.1) is 0 Å². The van der Waals surface area contributed by atoms with Crippen LogP contribution in [0, 0.1) is 0 Å². The summed E-state index contributed by atoms with van der Waals surface area (Å²) in [6, 6.07) is 0. The summed E-state index contributed by atoms with van der Waals surface area (Å²) in [5.74, 6) is 0. The second-order valence-corrected chi connectivity index (χ2v) is 1.50. The molecule has 6 nitrogen and oxygen atoms in total. The van der Waals surface area contributed by atoms with Crippen LogP contribution in [0.1, 0.15) is 0 Å². The minimum atomic E-state index is -3.63. The fourth-order valence-corrected chi connectivity index (χ4v) is 0. The van der Waals surface area contributed by atoms with Gasteiger partial charge in [-0.2, -0.15) is 0 Å². The molecule has 0 saturated heterocycles. The largest absolute Gasteiger partial charge is 1.00 e. The summed E-state index contributed by atoms with van der Waals surface area (Å²) >= 11 is 0. The van der Waals surface area contributed by atoms with E-state index in [0.29, 0.717) is 0 Å². The van der Waals surface area contributed by atoms with Crippen LogP contribution < -0.4 is 48.7 Å². The zero-order valence-electron chi connectivity index (χ0n) is 5.03. The maximum atomic E-state index is 8.52. The van der Waals surface area contributed by atoms with Gasteiger partial charge in [-0.1, -0.05) is 0 Å². The molecule has 0 radical (unpaired) electrons. The van der Waals surface area contributed by atoms with Crippen molar-refractivity contribution in [2.24, 2.45) is 0 Å². The minimum absolute atomic E-state index is 0. The van der Waals surface area contributed by atoms with Crippen LogP contribution in [-0.2, 0) is 8.92 Å². The maximum absolute atomic E-state index is 8.52. The molecule has 12 heavy (non-hydrogen) atoms. The standard InChI is InChI=1S/Al.Ca.K.Na.2O3Si.3H/c;;;;2*1-4(2)3;;;/q+3;;;+1;2*-2;;;. The summed E-state index contributed by atoms with van der Waals surface area (Å²) in [5.41, 5.74) is 0. The van der Waals surface area contributed by atoms with Crippen molar-refractivity contribution in [3.63, 3.8) is 0 Å². The molecule has 0 aromatic rings. The topological polar surface area (TPSA) is 126 Å². The smallest absolute Gasteiger partial charge is 1.00 e. The minimum Gasteiger partial charge on any atom is 1.00 e. The molecule has 54 valence electrons. The molecule has 0 atom stereocenters. The van der Waals surface area contributed by atoms with E-state index in [9.17, 15) is 0 Å². The van der Waals surface area contributed by atoms with Gasteiger partial charge in [-0.25, -0.2) is 0 Å². The van der Waals surface area contributed by atoms with Crippen molar-refractivity contribution in [2.45, 2.75) is 0 Å². The van der Waals surface area contributed by atoms with Crippen molar-refractivity contribution < 1.29 is 57.7 Å². The number of rotatable bonds is 0. The first-order valence-corrected chi connectivity index (χ1v) is 3.67. The van der Waals surface area contributed by atoms with Gasteiger partial charge >= 0.3 is 136 Å². The molecule has 0 bridgehead atoms. The first-order chi connectivity index (χ1) is 3.46. The van der Waals surface area contributed by atoms with E-state index in [0.717, 1.165) is 0 Å². The van der Waals surface area contributed by atoms with Crippen molar-refractivity contribution >= 4 is 125 Å². The Bertz CT molecular complexity index is 83.5.